The van der Waals surface area contributed by atoms with Crippen LogP contribution in [0.1, 0.15) is 26.7 Å². The fourth-order valence-corrected chi connectivity index (χ4v) is 1.30. The lowest BCUT2D eigenvalue weighted by Crippen LogP contribution is -2.50. The summed E-state index contributed by atoms with van der Waals surface area (Å²) in [5.41, 5.74) is 5.25. The summed E-state index contributed by atoms with van der Waals surface area (Å²) in [5.74, 6) is -0.269. The Hall–Kier alpha value is -0.570. The smallest absolute Gasteiger partial charge is 0.220 e. The molecule has 3 heteroatoms. The van der Waals surface area contributed by atoms with Crippen molar-refractivity contribution in [1.29, 1.82) is 0 Å². The van der Waals surface area contributed by atoms with Crippen molar-refractivity contribution >= 4 is 5.91 Å². The minimum atomic E-state index is -0.269. The van der Waals surface area contributed by atoms with E-state index in [2.05, 4.69) is 13.8 Å². The molecular formula is C8H15NO2. The third-order valence-electron chi connectivity index (χ3n) is 2.59. The number of hydrogen-bond donors (Lipinski definition) is 1. The molecule has 0 bridgehead atoms. The van der Waals surface area contributed by atoms with Crippen molar-refractivity contribution in [2.45, 2.75) is 32.8 Å². The summed E-state index contributed by atoms with van der Waals surface area (Å²) in [6.45, 7) is 5.00. The fourth-order valence-electron chi connectivity index (χ4n) is 1.30. The minimum absolute atomic E-state index is 0.0602. The van der Waals surface area contributed by atoms with Crippen LogP contribution in [0.3, 0.4) is 0 Å². The second kappa shape index (κ2) is 2.81. The zero-order valence-electron chi connectivity index (χ0n) is 7.09. The first-order valence-corrected chi connectivity index (χ1v) is 3.98. The monoisotopic (exact) mass is 157 g/mol. The van der Waals surface area contributed by atoms with Crippen molar-refractivity contribution < 1.29 is 9.53 Å². The van der Waals surface area contributed by atoms with E-state index in [0.717, 1.165) is 13.0 Å². The second-order valence-corrected chi connectivity index (χ2v) is 3.48. The topological polar surface area (TPSA) is 52.3 Å². The van der Waals surface area contributed by atoms with Crippen LogP contribution in [-0.4, -0.2) is 18.6 Å². The highest BCUT2D eigenvalue weighted by molar-refractivity contribution is 5.74. The third-order valence-corrected chi connectivity index (χ3v) is 2.59. The minimum Gasteiger partial charge on any atom is -0.376 e. The molecule has 0 aliphatic carbocycles. The molecule has 3 nitrogen and oxygen atoms in total. The van der Waals surface area contributed by atoms with Crippen molar-refractivity contribution in [3.63, 3.8) is 0 Å². The predicted molar refractivity (Wildman–Crippen MR) is 41.9 cm³/mol. The van der Waals surface area contributed by atoms with Crippen LogP contribution in [0.2, 0.25) is 0 Å². The third kappa shape index (κ3) is 1.53. The number of amides is 1. The van der Waals surface area contributed by atoms with Gasteiger partial charge in [-0.25, -0.2) is 0 Å². The molecule has 2 unspecified atom stereocenters. The van der Waals surface area contributed by atoms with E-state index >= 15 is 0 Å². The van der Waals surface area contributed by atoms with Gasteiger partial charge in [0.05, 0.1) is 19.1 Å². The van der Waals surface area contributed by atoms with E-state index in [1.165, 1.54) is 0 Å². The van der Waals surface area contributed by atoms with Gasteiger partial charge >= 0.3 is 0 Å². The summed E-state index contributed by atoms with van der Waals surface area (Å²) < 4.78 is 5.25. The van der Waals surface area contributed by atoms with Gasteiger partial charge in [-0.15, -0.1) is 0 Å². The highest BCUT2D eigenvalue weighted by Gasteiger charge is 2.43. The normalized spacial score (nSPS) is 36.4. The van der Waals surface area contributed by atoms with Crippen LogP contribution in [0.15, 0.2) is 0 Å². The first-order valence-electron chi connectivity index (χ1n) is 3.98. The number of carbonyl (C=O) groups is 1. The van der Waals surface area contributed by atoms with Gasteiger partial charge in [-0.3, -0.25) is 4.79 Å². The Morgan fingerprint density at radius 1 is 1.82 bits per heavy atom. The Kier molecular flexibility index (Phi) is 2.18. The van der Waals surface area contributed by atoms with Gasteiger partial charge in [-0.05, 0) is 6.42 Å². The number of ether oxygens (including phenoxy) is 1. The van der Waals surface area contributed by atoms with Crippen molar-refractivity contribution in [2.24, 2.45) is 11.1 Å². The molecule has 11 heavy (non-hydrogen) atoms. The summed E-state index contributed by atoms with van der Waals surface area (Å²) in [4.78, 5) is 10.5. The van der Waals surface area contributed by atoms with E-state index < -0.39 is 0 Å². The summed E-state index contributed by atoms with van der Waals surface area (Å²) >= 11 is 0. The molecule has 1 saturated heterocycles. The lowest BCUT2D eigenvalue weighted by Gasteiger charge is -2.46. The molecule has 1 amide bonds. The van der Waals surface area contributed by atoms with E-state index in [-0.39, 0.29) is 17.4 Å². The van der Waals surface area contributed by atoms with E-state index in [1.807, 2.05) is 0 Å². The Balaban J connectivity index is 2.42. The molecule has 1 heterocycles. The Morgan fingerprint density at radius 2 is 2.45 bits per heavy atom. The first-order chi connectivity index (χ1) is 5.08. The van der Waals surface area contributed by atoms with Crippen LogP contribution in [0.25, 0.3) is 0 Å². The standard InChI is InChI=1S/C8H15NO2/c1-3-8(2)5-11-6(8)4-7(9)10/h6H,3-5H2,1-2H3,(H2,9,10). The highest BCUT2D eigenvalue weighted by atomic mass is 16.5. The number of hydrogen-bond acceptors (Lipinski definition) is 2. The van der Waals surface area contributed by atoms with Gasteiger partial charge in [0.15, 0.2) is 0 Å². The second-order valence-electron chi connectivity index (χ2n) is 3.48. The van der Waals surface area contributed by atoms with Crippen molar-refractivity contribution in [2.75, 3.05) is 6.61 Å². The fraction of sp³-hybridized carbons (Fsp3) is 0.875. The summed E-state index contributed by atoms with van der Waals surface area (Å²) in [6, 6.07) is 0. The van der Waals surface area contributed by atoms with Crippen molar-refractivity contribution in [3.05, 3.63) is 0 Å². The van der Waals surface area contributed by atoms with Crippen LogP contribution in [0.5, 0.6) is 0 Å². The molecule has 0 aromatic rings. The van der Waals surface area contributed by atoms with E-state index in [0.29, 0.717) is 6.42 Å². The van der Waals surface area contributed by atoms with E-state index in [9.17, 15) is 4.79 Å². The zero-order valence-corrected chi connectivity index (χ0v) is 7.09. The maximum Gasteiger partial charge on any atom is 0.220 e. The summed E-state index contributed by atoms with van der Waals surface area (Å²) in [6.07, 6.45) is 1.47. The molecule has 1 fully saturated rings. The SMILES string of the molecule is CCC1(C)COC1CC(N)=O. The Morgan fingerprint density at radius 3 is 2.73 bits per heavy atom. The van der Waals surface area contributed by atoms with Gasteiger partial charge in [0.1, 0.15) is 0 Å². The first kappa shape index (κ1) is 8.53. The number of nitrogens with two attached hydrogens (primary N) is 1. The average molecular weight is 157 g/mol. The van der Waals surface area contributed by atoms with Crippen LogP contribution >= 0.6 is 0 Å². The Labute approximate surface area is 66.9 Å². The molecule has 0 saturated carbocycles. The molecule has 2 atom stereocenters. The zero-order chi connectivity index (χ0) is 8.48. The van der Waals surface area contributed by atoms with E-state index in [1.54, 1.807) is 0 Å². The van der Waals surface area contributed by atoms with Gasteiger partial charge in [-0.1, -0.05) is 13.8 Å². The molecule has 1 aliphatic rings. The molecule has 64 valence electrons. The molecule has 1 rings (SSSR count). The lowest BCUT2D eigenvalue weighted by molar-refractivity contribution is -0.183. The van der Waals surface area contributed by atoms with Gasteiger partial charge < -0.3 is 10.5 Å². The quantitative estimate of drug-likeness (QED) is 0.654. The number of rotatable bonds is 3. The molecule has 2 N–H and O–H groups in total. The van der Waals surface area contributed by atoms with E-state index in [4.69, 9.17) is 10.5 Å². The van der Waals surface area contributed by atoms with Crippen LogP contribution in [0.4, 0.5) is 0 Å². The van der Waals surface area contributed by atoms with Crippen molar-refractivity contribution in [1.82, 2.24) is 0 Å². The highest BCUT2D eigenvalue weighted by Crippen LogP contribution is 2.39. The van der Waals surface area contributed by atoms with Gasteiger partial charge in [-0.2, -0.15) is 0 Å². The molecule has 1 aliphatic heterocycles. The molecule has 0 spiro atoms. The maximum absolute atomic E-state index is 10.5. The maximum atomic E-state index is 10.5. The van der Waals surface area contributed by atoms with Crippen LogP contribution in [0, 0.1) is 5.41 Å². The van der Waals surface area contributed by atoms with Crippen LogP contribution in [-0.2, 0) is 9.53 Å². The van der Waals surface area contributed by atoms with Gasteiger partial charge in [0.25, 0.3) is 0 Å². The Bertz CT molecular complexity index is 165. The number of primary amides is 1. The lowest BCUT2D eigenvalue weighted by atomic mass is 9.76. The number of carbonyl (C=O) groups excluding carboxylic acids is 1. The molecule has 0 aromatic carbocycles. The molecule has 0 radical (unpaired) electrons. The summed E-state index contributed by atoms with van der Waals surface area (Å²) in [5, 5.41) is 0. The predicted octanol–water partition coefficient (Wildman–Crippen LogP) is 0.677. The largest absolute Gasteiger partial charge is 0.376 e. The average Bonchev–Trinajstić information content (AvgIpc) is 1.96. The van der Waals surface area contributed by atoms with Gasteiger partial charge in [0, 0.05) is 5.41 Å². The van der Waals surface area contributed by atoms with Crippen molar-refractivity contribution in [3.8, 4) is 0 Å². The van der Waals surface area contributed by atoms with Gasteiger partial charge in [0.2, 0.25) is 5.91 Å². The van der Waals surface area contributed by atoms with Crippen LogP contribution < -0.4 is 5.73 Å². The molecule has 0 aromatic heterocycles. The molecular weight excluding hydrogens is 142 g/mol. The summed E-state index contributed by atoms with van der Waals surface area (Å²) in [7, 11) is 0.